The van der Waals surface area contributed by atoms with Crippen molar-refractivity contribution in [3.63, 3.8) is 0 Å². The molecule has 0 aromatic rings. The number of allylic oxidation sites excluding steroid dienone is 3. The van der Waals surface area contributed by atoms with E-state index in [1.54, 1.807) is 12.2 Å². The lowest BCUT2D eigenvalue weighted by Crippen LogP contribution is -2.37. The second-order valence-corrected chi connectivity index (χ2v) is 5.44. The molecule has 0 spiro atoms. The van der Waals surface area contributed by atoms with Crippen LogP contribution in [0.2, 0.25) is 0 Å². The Morgan fingerprint density at radius 2 is 2.25 bits per heavy atom. The van der Waals surface area contributed by atoms with Gasteiger partial charge >= 0.3 is 0 Å². The van der Waals surface area contributed by atoms with Gasteiger partial charge in [-0.1, -0.05) is 31.6 Å². The summed E-state index contributed by atoms with van der Waals surface area (Å²) in [6.45, 7) is 4.11. The van der Waals surface area contributed by atoms with E-state index >= 15 is 0 Å². The molecule has 1 rings (SSSR count). The van der Waals surface area contributed by atoms with Gasteiger partial charge in [-0.05, 0) is 25.5 Å². The summed E-state index contributed by atoms with van der Waals surface area (Å²) in [5.74, 6) is 1.16. The first-order valence-corrected chi connectivity index (χ1v) is 7.04. The third-order valence-electron chi connectivity index (χ3n) is 2.71. The molecule has 16 heavy (non-hydrogen) atoms. The van der Waals surface area contributed by atoms with Gasteiger partial charge in [0.05, 0.1) is 0 Å². The van der Waals surface area contributed by atoms with Crippen molar-refractivity contribution in [2.75, 3.05) is 5.75 Å². The monoisotopic (exact) mass is 239 g/mol. The summed E-state index contributed by atoms with van der Waals surface area (Å²) in [6, 6.07) is 0.368. The fraction of sp³-hybridized carbons (Fsp3) is 0.615. The van der Waals surface area contributed by atoms with Crippen LogP contribution in [-0.2, 0) is 4.79 Å². The Kier molecular flexibility index (Phi) is 6.31. The molecule has 1 aliphatic carbocycles. The number of rotatable bonds is 5. The Hall–Kier alpha value is -0.700. The molecule has 0 aliphatic heterocycles. The summed E-state index contributed by atoms with van der Waals surface area (Å²) in [7, 11) is 0. The number of carbonyl (C=O) groups is 1. The first kappa shape index (κ1) is 13.4. The molecular formula is C13H21NOS. The Labute approximate surface area is 103 Å². The van der Waals surface area contributed by atoms with Crippen LogP contribution < -0.4 is 5.32 Å². The van der Waals surface area contributed by atoms with Crippen LogP contribution in [-0.4, -0.2) is 23.0 Å². The van der Waals surface area contributed by atoms with Crippen molar-refractivity contribution in [3.05, 3.63) is 24.3 Å². The molecule has 0 radical (unpaired) electrons. The lowest BCUT2D eigenvalue weighted by atomic mass is 10.2. The van der Waals surface area contributed by atoms with Crippen LogP contribution in [0.3, 0.4) is 0 Å². The zero-order chi connectivity index (χ0) is 11.8. The van der Waals surface area contributed by atoms with Gasteiger partial charge in [-0.15, -0.1) is 0 Å². The highest BCUT2D eigenvalue weighted by Gasteiger charge is 2.27. The van der Waals surface area contributed by atoms with Gasteiger partial charge < -0.3 is 5.32 Å². The van der Waals surface area contributed by atoms with E-state index in [0.29, 0.717) is 11.3 Å². The summed E-state index contributed by atoms with van der Waals surface area (Å²) in [5.41, 5.74) is 0. The quantitative estimate of drug-likeness (QED) is 0.590. The van der Waals surface area contributed by atoms with Gasteiger partial charge in [0.2, 0.25) is 5.91 Å². The maximum Gasteiger partial charge on any atom is 0.244 e. The van der Waals surface area contributed by atoms with Gasteiger partial charge in [0, 0.05) is 17.4 Å². The molecule has 1 fully saturated rings. The third-order valence-corrected chi connectivity index (χ3v) is 4.04. The van der Waals surface area contributed by atoms with Crippen molar-refractivity contribution in [2.24, 2.45) is 0 Å². The number of hydrogen-bond donors (Lipinski definition) is 1. The predicted molar refractivity (Wildman–Crippen MR) is 71.7 cm³/mol. The van der Waals surface area contributed by atoms with Gasteiger partial charge in [0.1, 0.15) is 0 Å². The standard InChI is InChI=1S/C13H21NOS/c1-3-5-6-10-13(15)14-11-8-7-9-12(11)16-4-2/h3,5-6,10-12H,4,7-9H2,1-2H3,(H,14,15)/b5-3+,10-6+/t11-,12-/m0/s1. The van der Waals surface area contributed by atoms with Gasteiger partial charge in [-0.3, -0.25) is 4.79 Å². The molecule has 2 nitrogen and oxygen atoms in total. The highest BCUT2D eigenvalue weighted by molar-refractivity contribution is 7.99. The smallest absolute Gasteiger partial charge is 0.244 e. The van der Waals surface area contributed by atoms with Crippen LogP contribution in [0.4, 0.5) is 0 Å². The molecule has 0 unspecified atom stereocenters. The van der Waals surface area contributed by atoms with Crippen LogP contribution in [0.15, 0.2) is 24.3 Å². The topological polar surface area (TPSA) is 29.1 Å². The van der Waals surface area contributed by atoms with Crippen LogP contribution >= 0.6 is 11.8 Å². The Morgan fingerprint density at radius 1 is 1.44 bits per heavy atom. The minimum absolute atomic E-state index is 0.0340. The predicted octanol–water partition coefficient (Wildman–Crippen LogP) is 2.91. The summed E-state index contributed by atoms with van der Waals surface area (Å²) < 4.78 is 0. The SMILES string of the molecule is C/C=C/C=C/C(=O)N[C@H]1CCC[C@@H]1SCC. The number of carbonyl (C=O) groups excluding carboxylic acids is 1. The molecule has 1 amide bonds. The summed E-state index contributed by atoms with van der Waals surface area (Å²) in [4.78, 5) is 11.6. The normalized spacial score (nSPS) is 25.6. The molecule has 0 bridgehead atoms. The number of amides is 1. The number of hydrogen-bond acceptors (Lipinski definition) is 2. The minimum Gasteiger partial charge on any atom is -0.349 e. The maximum absolute atomic E-state index is 11.6. The van der Waals surface area contributed by atoms with Crippen molar-refractivity contribution >= 4 is 17.7 Å². The minimum atomic E-state index is 0.0340. The van der Waals surface area contributed by atoms with Crippen molar-refractivity contribution < 1.29 is 4.79 Å². The van der Waals surface area contributed by atoms with Crippen molar-refractivity contribution in [1.82, 2.24) is 5.32 Å². The molecule has 2 atom stereocenters. The van der Waals surface area contributed by atoms with E-state index < -0.39 is 0 Å². The fourth-order valence-electron chi connectivity index (χ4n) is 1.99. The van der Waals surface area contributed by atoms with Gasteiger partial charge in [-0.25, -0.2) is 0 Å². The Bertz CT molecular complexity index is 273. The first-order chi connectivity index (χ1) is 7.77. The largest absolute Gasteiger partial charge is 0.349 e. The van der Waals surface area contributed by atoms with E-state index in [1.165, 1.54) is 12.8 Å². The number of thioether (sulfide) groups is 1. The average molecular weight is 239 g/mol. The van der Waals surface area contributed by atoms with Crippen molar-refractivity contribution in [3.8, 4) is 0 Å². The van der Waals surface area contributed by atoms with E-state index in [4.69, 9.17) is 0 Å². The lowest BCUT2D eigenvalue weighted by molar-refractivity contribution is -0.117. The van der Waals surface area contributed by atoms with Gasteiger partial charge in [-0.2, -0.15) is 11.8 Å². The number of nitrogens with one attached hydrogen (secondary N) is 1. The summed E-state index contributed by atoms with van der Waals surface area (Å²) >= 11 is 1.96. The first-order valence-electron chi connectivity index (χ1n) is 5.99. The van der Waals surface area contributed by atoms with E-state index in [1.807, 2.05) is 30.8 Å². The maximum atomic E-state index is 11.6. The average Bonchev–Trinajstić information content (AvgIpc) is 2.67. The van der Waals surface area contributed by atoms with E-state index in [0.717, 1.165) is 12.2 Å². The third kappa shape index (κ3) is 4.44. The zero-order valence-electron chi connectivity index (χ0n) is 10.1. The molecule has 3 heteroatoms. The summed E-state index contributed by atoms with van der Waals surface area (Å²) in [6.07, 6.45) is 10.8. The van der Waals surface area contributed by atoms with E-state index in [2.05, 4.69) is 12.2 Å². The highest BCUT2D eigenvalue weighted by Crippen LogP contribution is 2.29. The molecule has 0 heterocycles. The van der Waals surface area contributed by atoms with E-state index in [9.17, 15) is 4.79 Å². The van der Waals surface area contributed by atoms with Crippen LogP contribution in [0.25, 0.3) is 0 Å². The Balaban J connectivity index is 2.37. The van der Waals surface area contributed by atoms with Crippen LogP contribution in [0, 0.1) is 0 Å². The van der Waals surface area contributed by atoms with Crippen molar-refractivity contribution in [2.45, 2.75) is 44.4 Å². The van der Waals surface area contributed by atoms with Crippen molar-refractivity contribution in [1.29, 1.82) is 0 Å². The second-order valence-electron chi connectivity index (χ2n) is 3.92. The second kappa shape index (κ2) is 7.55. The fourth-order valence-corrected chi connectivity index (χ4v) is 3.19. The Morgan fingerprint density at radius 3 is 2.94 bits per heavy atom. The van der Waals surface area contributed by atoms with Gasteiger partial charge in [0.15, 0.2) is 0 Å². The molecule has 1 saturated carbocycles. The molecule has 1 N–H and O–H groups in total. The van der Waals surface area contributed by atoms with Crippen LogP contribution in [0.1, 0.15) is 33.1 Å². The lowest BCUT2D eigenvalue weighted by Gasteiger charge is -2.19. The van der Waals surface area contributed by atoms with Crippen LogP contribution in [0.5, 0.6) is 0 Å². The van der Waals surface area contributed by atoms with E-state index in [-0.39, 0.29) is 5.91 Å². The molecule has 0 aromatic heterocycles. The van der Waals surface area contributed by atoms with Gasteiger partial charge in [0.25, 0.3) is 0 Å². The molecule has 0 saturated heterocycles. The molecular weight excluding hydrogens is 218 g/mol. The molecule has 0 aromatic carbocycles. The highest BCUT2D eigenvalue weighted by atomic mass is 32.2. The zero-order valence-corrected chi connectivity index (χ0v) is 10.9. The molecule has 90 valence electrons. The molecule has 1 aliphatic rings. The summed E-state index contributed by atoms with van der Waals surface area (Å²) in [5, 5.41) is 3.71.